The van der Waals surface area contributed by atoms with E-state index in [4.69, 9.17) is 0 Å². The highest BCUT2D eigenvalue weighted by atomic mass is 16.1. The van der Waals surface area contributed by atoms with E-state index in [0.717, 1.165) is 31.9 Å². The van der Waals surface area contributed by atoms with Crippen molar-refractivity contribution >= 4 is 23.1 Å². The van der Waals surface area contributed by atoms with Gasteiger partial charge in [0.05, 0.1) is 11.9 Å². The quantitative estimate of drug-likeness (QED) is 0.727. The molecule has 0 saturated carbocycles. The molecule has 5 nitrogen and oxygen atoms in total. The molecular weight excluding hydrogens is 360 g/mol. The maximum atomic E-state index is 12.3. The Bertz CT molecular complexity index is 978. The molecule has 0 unspecified atom stereocenters. The minimum atomic E-state index is -0.145. The van der Waals surface area contributed by atoms with Crippen LogP contribution in [0.4, 0.5) is 17.2 Å². The van der Waals surface area contributed by atoms with Crippen molar-refractivity contribution in [2.75, 3.05) is 41.3 Å². The third kappa shape index (κ3) is 4.24. The summed E-state index contributed by atoms with van der Waals surface area (Å²) >= 11 is 0. The Kier molecular flexibility index (Phi) is 5.47. The number of aromatic nitrogens is 1. The Morgan fingerprint density at radius 2 is 1.59 bits per heavy atom. The normalized spacial score (nSPS) is 14.0. The van der Waals surface area contributed by atoms with Crippen LogP contribution < -0.4 is 15.1 Å². The maximum Gasteiger partial charge on any atom is 0.256 e. The van der Waals surface area contributed by atoms with Crippen LogP contribution >= 0.6 is 0 Å². The molecule has 4 rings (SSSR count). The van der Waals surface area contributed by atoms with Gasteiger partial charge in [0, 0.05) is 37.4 Å². The highest BCUT2D eigenvalue weighted by Gasteiger charge is 2.19. The molecule has 1 aliphatic heterocycles. The van der Waals surface area contributed by atoms with E-state index in [-0.39, 0.29) is 5.91 Å². The molecule has 0 radical (unpaired) electrons. The minimum absolute atomic E-state index is 0.145. The fourth-order valence-electron chi connectivity index (χ4n) is 3.71. The third-order valence-electron chi connectivity index (χ3n) is 5.59. The first-order valence-corrected chi connectivity index (χ1v) is 10.0. The lowest BCUT2D eigenvalue weighted by atomic mass is 10.1. The second kappa shape index (κ2) is 8.35. The molecule has 5 heteroatoms. The van der Waals surface area contributed by atoms with Gasteiger partial charge in [0.1, 0.15) is 5.82 Å². The molecule has 0 atom stereocenters. The topological polar surface area (TPSA) is 48.5 Å². The Balaban J connectivity index is 1.37. The highest BCUT2D eigenvalue weighted by Crippen LogP contribution is 2.25. The monoisotopic (exact) mass is 386 g/mol. The van der Waals surface area contributed by atoms with Crippen LogP contribution in [0.25, 0.3) is 0 Å². The van der Waals surface area contributed by atoms with Gasteiger partial charge in [-0.05, 0) is 55.3 Å². The molecule has 1 aliphatic rings. The summed E-state index contributed by atoms with van der Waals surface area (Å²) in [6.45, 7) is 8.23. The van der Waals surface area contributed by atoms with E-state index < -0.39 is 0 Å². The van der Waals surface area contributed by atoms with Crippen molar-refractivity contribution < 1.29 is 4.79 Å². The van der Waals surface area contributed by atoms with Gasteiger partial charge in [-0.3, -0.25) is 4.79 Å². The van der Waals surface area contributed by atoms with Gasteiger partial charge in [-0.25, -0.2) is 4.98 Å². The number of rotatable bonds is 4. The molecule has 1 saturated heterocycles. The van der Waals surface area contributed by atoms with E-state index in [1.54, 1.807) is 12.1 Å². The van der Waals surface area contributed by atoms with Crippen LogP contribution in [-0.4, -0.2) is 37.1 Å². The number of nitrogens with one attached hydrogen (secondary N) is 1. The molecule has 1 aromatic heterocycles. The van der Waals surface area contributed by atoms with Crippen LogP contribution in [0.15, 0.2) is 66.9 Å². The van der Waals surface area contributed by atoms with Crippen molar-refractivity contribution in [3.05, 3.63) is 83.6 Å². The van der Waals surface area contributed by atoms with Crippen LogP contribution in [-0.2, 0) is 0 Å². The fraction of sp³-hybridized carbons (Fsp3) is 0.250. The molecule has 1 N–H and O–H groups in total. The molecule has 0 bridgehead atoms. The van der Waals surface area contributed by atoms with Crippen molar-refractivity contribution in [3.8, 4) is 0 Å². The zero-order valence-electron chi connectivity index (χ0n) is 16.9. The molecule has 29 heavy (non-hydrogen) atoms. The molecule has 2 aromatic carbocycles. The van der Waals surface area contributed by atoms with Crippen molar-refractivity contribution in [3.63, 3.8) is 0 Å². The maximum absolute atomic E-state index is 12.3. The summed E-state index contributed by atoms with van der Waals surface area (Å²) in [6.07, 6.45) is 1.84. The van der Waals surface area contributed by atoms with Gasteiger partial charge >= 0.3 is 0 Å². The van der Waals surface area contributed by atoms with Gasteiger partial charge in [0.25, 0.3) is 5.91 Å². The standard InChI is InChI=1S/C24H26N4O/c1-18-7-6-10-22(19(18)2)28-15-13-27(14-16-28)21-11-12-23(25-17-21)26-24(29)20-8-4-3-5-9-20/h3-12,17H,13-16H2,1-2H3,(H,25,26,29). The molecule has 0 aliphatic carbocycles. The number of anilines is 3. The number of benzene rings is 2. The summed E-state index contributed by atoms with van der Waals surface area (Å²) < 4.78 is 0. The van der Waals surface area contributed by atoms with E-state index >= 15 is 0 Å². The van der Waals surface area contributed by atoms with E-state index in [1.165, 1.54) is 16.8 Å². The Labute approximate surface area is 172 Å². The van der Waals surface area contributed by atoms with Gasteiger partial charge < -0.3 is 15.1 Å². The zero-order valence-corrected chi connectivity index (χ0v) is 16.9. The minimum Gasteiger partial charge on any atom is -0.368 e. The van der Waals surface area contributed by atoms with E-state index in [9.17, 15) is 4.79 Å². The molecule has 148 valence electrons. The molecular formula is C24H26N4O. The molecule has 0 spiro atoms. The van der Waals surface area contributed by atoms with Crippen molar-refractivity contribution in [1.82, 2.24) is 4.98 Å². The number of nitrogens with zero attached hydrogens (tertiary/aromatic N) is 3. The summed E-state index contributed by atoms with van der Waals surface area (Å²) in [6, 6.07) is 19.6. The first kappa shape index (κ1) is 19.0. The average Bonchev–Trinajstić information content (AvgIpc) is 2.77. The number of hydrogen-bond donors (Lipinski definition) is 1. The van der Waals surface area contributed by atoms with E-state index in [2.05, 4.69) is 52.1 Å². The van der Waals surface area contributed by atoms with E-state index in [1.807, 2.05) is 36.5 Å². The number of piperazine rings is 1. The predicted molar refractivity (Wildman–Crippen MR) is 119 cm³/mol. The molecule has 3 aromatic rings. The Morgan fingerprint density at radius 3 is 2.28 bits per heavy atom. The van der Waals surface area contributed by atoms with Crippen molar-refractivity contribution in [1.29, 1.82) is 0 Å². The summed E-state index contributed by atoms with van der Waals surface area (Å²) in [5.74, 6) is 0.421. The summed E-state index contributed by atoms with van der Waals surface area (Å²) in [4.78, 5) is 21.5. The van der Waals surface area contributed by atoms with E-state index in [0.29, 0.717) is 11.4 Å². The predicted octanol–water partition coefficient (Wildman–Crippen LogP) is 4.28. The second-order valence-electron chi connectivity index (χ2n) is 7.41. The number of carbonyl (C=O) groups excluding carboxylic acids is 1. The van der Waals surface area contributed by atoms with Gasteiger partial charge in [-0.1, -0.05) is 30.3 Å². The lowest BCUT2D eigenvalue weighted by Crippen LogP contribution is -2.46. The van der Waals surface area contributed by atoms with Gasteiger partial charge in [0.2, 0.25) is 0 Å². The number of pyridine rings is 1. The number of hydrogen-bond acceptors (Lipinski definition) is 4. The summed E-state index contributed by atoms with van der Waals surface area (Å²) in [5, 5.41) is 2.85. The SMILES string of the molecule is Cc1cccc(N2CCN(c3ccc(NC(=O)c4ccccc4)nc3)CC2)c1C. The van der Waals surface area contributed by atoms with Crippen LogP contribution in [0, 0.1) is 13.8 Å². The molecule has 1 fully saturated rings. The number of aryl methyl sites for hydroxylation is 1. The summed E-state index contributed by atoms with van der Waals surface area (Å²) in [5.41, 5.74) is 5.74. The number of carbonyl (C=O) groups is 1. The smallest absolute Gasteiger partial charge is 0.256 e. The highest BCUT2D eigenvalue weighted by molar-refractivity contribution is 6.03. The van der Waals surface area contributed by atoms with Crippen LogP contribution in [0.1, 0.15) is 21.5 Å². The van der Waals surface area contributed by atoms with Gasteiger partial charge in [-0.2, -0.15) is 0 Å². The lowest BCUT2D eigenvalue weighted by Gasteiger charge is -2.38. The fourth-order valence-corrected chi connectivity index (χ4v) is 3.71. The number of amides is 1. The average molecular weight is 386 g/mol. The zero-order chi connectivity index (χ0) is 20.2. The first-order valence-electron chi connectivity index (χ1n) is 10.0. The third-order valence-corrected chi connectivity index (χ3v) is 5.59. The van der Waals surface area contributed by atoms with Crippen LogP contribution in [0.3, 0.4) is 0 Å². The first-order chi connectivity index (χ1) is 14.1. The largest absolute Gasteiger partial charge is 0.368 e. The Hall–Kier alpha value is -3.34. The Morgan fingerprint density at radius 1 is 0.862 bits per heavy atom. The van der Waals surface area contributed by atoms with Gasteiger partial charge in [0.15, 0.2) is 0 Å². The van der Waals surface area contributed by atoms with Crippen molar-refractivity contribution in [2.24, 2.45) is 0 Å². The van der Waals surface area contributed by atoms with Crippen LogP contribution in [0.5, 0.6) is 0 Å². The summed E-state index contributed by atoms with van der Waals surface area (Å²) in [7, 11) is 0. The van der Waals surface area contributed by atoms with Crippen LogP contribution in [0.2, 0.25) is 0 Å². The molecule has 2 heterocycles. The van der Waals surface area contributed by atoms with Gasteiger partial charge in [-0.15, -0.1) is 0 Å². The van der Waals surface area contributed by atoms with Crippen molar-refractivity contribution in [2.45, 2.75) is 13.8 Å². The lowest BCUT2D eigenvalue weighted by molar-refractivity contribution is 0.102. The molecule has 1 amide bonds. The second-order valence-corrected chi connectivity index (χ2v) is 7.41.